The van der Waals surface area contributed by atoms with Crippen molar-refractivity contribution in [1.29, 1.82) is 0 Å². The van der Waals surface area contributed by atoms with E-state index in [0.717, 1.165) is 32.2 Å². The van der Waals surface area contributed by atoms with Gasteiger partial charge in [0.25, 0.3) is 0 Å². The molecule has 0 aromatic heterocycles. The largest absolute Gasteiger partial charge is 0.340 e. The molecule has 2 amide bonds. The highest BCUT2D eigenvalue weighted by Gasteiger charge is 2.32. The van der Waals surface area contributed by atoms with E-state index >= 15 is 0 Å². The molecule has 1 atom stereocenters. The lowest BCUT2D eigenvalue weighted by molar-refractivity contribution is -0.139. The predicted molar refractivity (Wildman–Crippen MR) is 92.4 cm³/mol. The maximum absolute atomic E-state index is 12.4. The smallest absolute Gasteiger partial charge is 0.237 e. The van der Waals surface area contributed by atoms with Gasteiger partial charge in [-0.3, -0.25) is 9.59 Å². The van der Waals surface area contributed by atoms with Gasteiger partial charge in [0.1, 0.15) is 5.75 Å². The summed E-state index contributed by atoms with van der Waals surface area (Å²) in [6.07, 6.45) is 4.12. The number of hydrogen-bond acceptors (Lipinski definition) is 5. The summed E-state index contributed by atoms with van der Waals surface area (Å²) in [6, 6.07) is 0.0140. The Labute approximate surface area is 144 Å². The Morgan fingerprint density at radius 1 is 1.29 bits per heavy atom. The number of amides is 2. The number of nitrogens with zero attached hydrogens (tertiary/aromatic N) is 2. The van der Waals surface area contributed by atoms with Crippen molar-refractivity contribution in [1.82, 2.24) is 15.1 Å². The standard InChI is InChI=1S/C16H29N3O4S/c1-2-3-4-10-24(22,23)13-16(21)18-8-5-6-14(12-18)19-9-7-17-11-15(19)20/h14,17H,2-13H2,1H3. The SMILES string of the molecule is CCCCCS(=O)(=O)CC(=O)N1CCCC(N2CCNCC2=O)C1. The van der Waals surface area contributed by atoms with Gasteiger partial charge in [-0.15, -0.1) is 0 Å². The lowest BCUT2D eigenvalue weighted by Gasteiger charge is -2.41. The molecular weight excluding hydrogens is 330 g/mol. The van der Waals surface area contributed by atoms with E-state index in [0.29, 0.717) is 32.6 Å². The van der Waals surface area contributed by atoms with E-state index in [1.165, 1.54) is 0 Å². The Morgan fingerprint density at radius 3 is 2.79 bits per heavy atom. The molecule has 138 valence electrons. The van der Waals surface area contributed by atoms with Crippen molar-refractivity contribution in [2.75, 3.05) is 44.2 Å². The number of carbonyl (C=O) groups is 2. The average Bonchev–Trinajstić information content (AvgIpc) is 2.55. The minimum absolute atomic E-state index is 0.0140. The van der Waals surface area contributed by atoms with Crippen LogP contribution in [0.4, 0.5) is 0 Å². The van der Waals surface area contributed by atoms with E-state index < -0.39 is 15.6 Å². The molecule has 0 aliphatic carbocycles. The summed E-state index contributed by atoms with van der Waals surface area (Å²) in [7, 11) is -3.34. The molecule has 0 radical (unpaired) electrons. The lowest BCUT2D eigenvalue weighted by atomic mass is 10.0. The Bertz CT molecular complexity index is 550. The monoisotopic (exact) mass is 359 g/mol. The maximum atomic E-state index is 12.4. The third kappa shape index (κ3) is 5.44. The van der Waals surface area contributed by atoms with Crippen molar-refractivity contribution < 1.29 is 18.0 Å². The van der Waals surface area contributed by atoms with Crippen molar-refractivity contribution in [3.05, 3.63) is 0 Å². The second-order valence-corrected chi connectivity index (χ2v) is 8.88. The number of hydrogen-bond donors (Lipinski definition) is 1. The van der Waals surface area contributed by atoms with Crippen LogP contribution in [0.3, 0.4) is 0 Å². The fourth-order valence-corrected chi connectivity index (χ4v) is 4.71. The van der Waals surface area contributed by atoms with Gasteiger partial charge in [0.05, 0.1) is 12.3 Å². The number of unbranched alkanes of at least 4 members (excludes halogenated alkanes) is 2. The van der Waals surface area contributed by atoms with E-state index in [1.807, 2.05) is 11.8 Å². The van der Waals surface area contributed by atoms with E-state index in [-0.39, 0.29) is 23.6 Å². The predicted octanol–water partition coefficient (Wildman–Crippen LogP) is 0.0142. The summed E-state index contributed by atoms with van der Waals surface area (Å²) in [5, 5.41) is 3.04. The molecule has 0 bridgehead atoms. The second kappa shape index (κ2) is 8.80. The van der Waals surface area contributed by atoms with Crippen molar-refractivity contribution in [3.8, 4) is 0 Å². The number of piperazine rings is 1. The normalized spacial score (nSPS) is 22.7. The molecule has 0 spiro atoms. The third-order valence-electron chi connectivity index (χ3n) is 4.72. The van der Waals surface area contributed by atoms with Gasteiger partial charge in [0.15, 0.2) is 9.84 Å². The average molecular weight is 359 g/mol. The van der Waals surface area contributed by atoms with Gasteiger partial charge >= 0.3 is 0 Å². The van der Waals surface area contributed by atoms with Crippen LogP contribution in [-0.4, -0.2) is 80.3 Å². The van der Waals surface area contributed by atoms with E-state index in [9.17, 15) is 18.0 Å². The van der Waals surface area contributed by atoms with Crippen LogP contribution in [0.1, 0.15) is 39.0 Å². The fourth-order valence-electron chi connectivity index (χ4n) is 3.37. The first-order valence-corrected chi connectivity index (χ1v) is 10.7. The summed E-state index contributed by atoms with van der Waals surface area (Å²) in [5.41, 5.74) is 0. The molecule has 8 heteroatoms. The Morgan fingerprint density at radius 2 is 2.08 bits per heavy atom. The second-order valence-electron chi connectivity index (χ2n) is 6.70. The quantitative estimate of drug-likeness (QED) is 0.647. The number of nitrogens with one attached hydrogen (secondary N) is 1. The lowest BCUT2D eigenvalue weighted by Crippen LogP contribution is -2.58. The maximum Gasteiger partial charge on any atom is 0.237 e. The zero-order valence-corrected chi connectivity index (χ0v) is 15.3. The van der Waals surface area contributed by atoms with Crippen LogP contribution in [0.5, 0.6) is 0 Å². The number of piperidine rings is 1. The zero-order valence-electron chi connectivity index (χ0n) is 14.5. The van der Waals surface area contributed by atoms with Gasteiger partial charge in [0, 0.05) is 32.2 Å². The van der Waals surface area contributed by atoms with Crippen LogP contribution in [0.2, 0.25) is 0 Å². The van der Waals surface area contributed by atoms with Crippen LogP contribution in [-0.2, 0) is 19.4 Å². The molecule has 7 nitrogen and oxygen atoms in total. The molecule has 0 aromatic carbocycles. The first-order valence-electron chi connectivity index (χ1n) is 8.91. The highest BCUT2D eigenvalue weighted by atomic mass is 32.2. The van der Waals surface area contributed by atoms with Gasteiger partial charge in [-0.25, -0.2) is 8.42 Å². The summed E-state index contributed by atoms with van der Waals surface area (Å²) in [6.45, 7) is 4.82. The van der Waals surface area contributed by atoms with Crippen LogP contribution >= 0.6 is 0 Å². The van der Waals surface area contributed by atoms with Gasteiger partial charge < -0.3 is 15.1 Å². The van der Waals surface area contributed by atoms with Gasteiger partial charge in [-0.1, -0.05) is 19.8 Å². The molecular formula is C16H29N3O4S. The first kappa shape index (κ1) is 19.2. The molecule has 1 N–H and O–H groups in total. The van der Waals surface area contributed by atoms with Crippen LogP contribution in [0.15, 0.2) is 0 Å². The van der Waals surface area contributed by atoms with Crippen LogP contribution in [0, 0.1) is 0 Å². The van der Waals surface area contributed by atoms with Crippen molar-refractivity contribution in [2.24, 2.45) is 0 Å². The summed E-state index contributed by atoms with van der Waals surface area (Å²) < 4.78 is 24.1. The molecule has 0 saturated carbocycles. The molecule has 2 rings (SSSR count). The topological polar surface area (TPSA) is 86.8 Å². The third-order valence-corrected chi connectivity index (χ3v) is 6.32. The van der Waals surface area contributed by atoms with E-state index in [1.54, 1.807) is 4.90 Å². The zero-order chi connectivity index (χ0) is 17.6. The molecule has 2 saturated heterocycles. The molecule has 1 unspecified atom stereocenters. The highest BCUT2D eigenvalue weighted by Crippen LogP contribution is 2.17. The van der Waals surface area contributed by atoms with Crippen LogP contribution in [0.25, 0.3) is 0 Å². The van der Waals surface area contributed by atoms with E-state index in [2.05, 4.69) is 5.32 Å². The summed E-state index contributed by atoms with van der Waals surface area (Å²) in [5.74, 6) is -0.578. The molecule has 24 heavy (non-hydrogen) atoms. The fraction of sp³-hybridized carbons (Fsp3) is 0.875. The van der Waals surface area contributed by atoms with Gasteiger partial charge in [0.2, 0.25) is 11.8 Å². The van der Waals surface area contributed by atoms with Gasteiger partial charge in [-0.2, -0.15) is 0 Å². The van der Waals surface area contributed by atoms with Crippen LogP contribution < -0.4 is 5.32 Å². The number of carbonyl (C=O) groups excluding carboxylic acids is 2. The molecule has 2 aliphatic heterocycles. The first-order chi connectivity index (χ1) is 11.4. The minimum Gasteiger partial charge on any atom is -0.340 e. The van der Waals surface area contributed by atoms with Crippen molar-refractivity contribution in [2.45, 2.75) is 45.1 Å². The Balaban J connectivity index is 1.89. The van der Waals surface area contributed by atoms with Crippen molar-refractivity contribution in [3.63, 3.8) is 0 Å². The minimum atomic E-state index is -3.34. The van der Waals surface area contributed by atoms with E-state index in [4.69, 9.17) is 0 Å². The summed E-state index contributed by atoms with van der Waals surface area (Å²) >= 11 is 0. The highest BCUT2D eigenvalue weighted by molar-refractivity contribution is 7.92. The Kier molecular flexibility index (Phi) is 7.03. The van der Waals surface area contributed by atoms with Gasteiger partial charge in [-0.05, 0) is 19.3 Å². The number of sulfone groups is 1. The summed E-state index contributed by atoms with van der Waals surface area (Å²) in [4.78, 5) is 27.9. The number of rotatable bonds is 7. The Hall–Kier alpha value is -1.15. The molecule has 0 aromatic rings. The van der Waals surface area contributed by atoms with Crippen molar-refractivity contribution >= 4 is 21.7 Å². The molecule has 2 heterocycles. The molecule has 2 fully saturated rings. The molecule has 2 aliphatic rings. The number of likely N-dealkylation sites (tertiary alicyclic amines) is 1.